The van der Waals surface area contributed by atoms with E-state index in [9.17, 15) is 5.11 Å². The predicted molar refractivity (Wildman–Crippen MR) is 52.6 cm³/mol. The summed E-state index contributed by atoms with van der Waals surface area (Å²) in [6.07, 6.45) is 4.91. The maximum atomic E-state index is 9.54. The molecule has 1 heterocycles. The van der Waals surface area contributed by atoms with Gasteiger partial charge < -0.3 is 10.4 Å². The first-order valence-electron chi connectivity index (χ1n) is 4.65. The van der Waals surface area contributed by atoms with Crippen LogP contribution in [0.1, 0.15) is 24.1 Å². The number of hydrogen-bond donors (Lipinski definition) is 2. The third-order valence-electron chi connectivity index (χ3n) is 2.50. The molecule has 13 heavy (non-hydrogen) atoms. The molecule has 1 fully saturated rings. The summed E-state index contributed by atoms with van der Waals surface area (Å²) in [7, 11) is 0. The normalized spacial score (nSPS) is 28.1. The van der Waals surface area contributed by atoms with E-state index in [0.29, 0.717) is 6.04 Å². The first kappa shape index (κ1) is 9.12. The zero-order valence-electron chi connectivity index (χ0n) is 7.44. The minimum Gasteiger partial charge on any atom is -0.392 e. The number of hydrogen-bond acceptors (Lipinski definition) is 4. The predicted octanol–water partition coefficient (Wildman–Crippen LogP) is 1.15. The Morgan fingerprint density at radius 2 is 2.54 bits per heavy atom. The van der Waals surface area contributed by atoms with Crippen molar-refractivity contribution in [1.82, 2.24) is 10.3 Å². The highest BCUT2D eigenvalue weighted by Gasteiger charge is 2.24. The highest BCUT2D eigenvalue weighted by atomic mass is 32.1. The number of rotatable bonds is 3. The van der Waals surface area contributed by atoms with Crippen LogP contribution in [0.25, 0.3) is 0 Å². The van der Waals surface area contributed by atoms with E-state index in [1.54, 1.807) is 11.3 Å². The molecule has 0 aromatic carbocycles. The van der Waals surface area contributed by atoms with E-state index < -0.39 is 0 Å². The summed E-state index contributed by atoms with van der Waals surface area (Å²) >= 11 is 1.65. The Morgan fingerprint density at radius 3 is 3.15 bits per heavy atom. The first-order chi connectivity index (χ1) is 6.36. The van der Waals surface area contributed by atoms with E-state index in [-0.39, 0.29) is 6.10 Å². The second-order valence-electron chi connectivity index (χ2n) is 3.45. The zero-order valence-corrected chi connectivity index (χ0v) is 8.26. The standard InChI is InChI=1S/C9H14N2OS/c12-9-3-1-2-8(9)11-5-7-4-10-6-13-7/h4,6,8-9,11-12H,1-3,5H2. The summed E-state index contributed by atoms with van der Waals surface area (Å²) < 4.78 is 0. The van der Waals surface area contributed by atoms with E-state index in [0.717, 1.165) is 25.8 Å². The average molecular weight is 198 g/mol. The maximum absolute atomic E-state index is 9.54. The van der Waals surface area contributed by atoms with Gasteiger partial charge in [-0.15, -0.1) is 11.3 Å². The van der Waals surface area contributed by atoms with Gasteiger partial charge in [0, 0.05) is 23.7 Å². The van der Waals surface area contributed by atoms with Crippen molar-refractivity contribution in [2.24, 2.45) is 0 Å². The van der Waals surface area contributed by atoms with Gasteiger partial charge >= 0.3 is 0 Å². The number of nitrogens with zero attached hydrogens (tertiary/aromatic N) is 1. The van der Waals surface area contributed by atoms with Gasteiger partial charge in [-0.2, -0.15) is 0 Å². The van der Waals surface area contributed by atoms with Crippen LogP contribution in [0.3, 0.4) is 0 Å². The van der Waals surface area contributed by atoms with Crippen LogP contribution in [-0.2, 0) is 6.54 Å². The Hall–Kier alpha value is -0.450. The summed E-state index contributed by atoms with van der Waals surface area (Å²) in [6.45, 7) is 0.840. The largest absolute Gasteiger partial charge is 0.392 e. The molecule has 0 amide bonds. The lowest BCUT2D eigenvalue weighted by molar-refractivity contribution is 0.149. The van der Waals surface area contributed by atoms with E-state index in [1.807, 2.05) is 11.7 Å². The molecule has 2 unspecified atom stereocenters. The molecular weight excluding hydrogens is 184 g/mol. The second kappa shape index (κ2) is 4.17. The molecule has 3 nitrogen and oxygen atoms in total. The summed E-state index contributed by atoms with van der Waals surface area (Å²) in [5, 5.41) is 12.9. The third-order valence-corrected chi connectivity index (χ3v) is 3.28. The van der Waals surface area contributed by atoms with E-state index in [1.165, 1.54) is 4.88 Å². The smallest absolute Gasteiger partial charge is 0.0794 e. The Morgan fingerprint density at radius 1 is 1.62 bits per heavy atom. The van der Waals surface area contributed by atoms with Crippen molar-refractivity contribution in [3.8, 4) is 0 Å². The fourth-order valence-electron chi connectivity index (χ4n) is 1.74. The van der Waals surface area contributed by atoms with Gasteiger partial charge in [-0.05, 0) is 19.3 Å². The van der Waals surface area contributed by atoms with Crippen LogP contribution in [0.4, 0.5) is 0 Å². The number of thiazole rings is 1. The van der Waals surface area contributed by atoms with Crippen molar-refractivity contribution in [2.75, 3.05) is 0 Å². The van der Waals surface area contributed by atoms with Crippen LogP contribution in [0, 0.1) is 0 Å². The number of aliphatic hydroxyl groups is 1. The van der Waals surface area contributed by atoms with Crippen molar-refractivity contribution in [3.63, 3.8) is 0 Å². The van der Waals surface area contributed by atoms with Gasteiger partial charge in [-0.25, -0.2) is 0 Å². The van der Waals surface area contributed by atoms with Gasteiger partial charge in [0.15, 0.2) is 0 Å². The summed E-state index contributed by atoms with van der Waals surface area (Å²) in [6, 6.07) is 0.294. The van der Waals surface area contributed by atoms with Gasteiger partial charge in [0.1, 0.15) is 0 Å². The summed E-state index contributed by atoms with van der Waals surface area (Å²) in [5.41, 5.74) is 1.84. The van der Waals surface area contributed by atoms with E-state index in [4.69, 9.17) is 0 Å². The second-order valence-corrected chi connectivity index (χ2v) is 4.42. The van der Waals surface area contributed by atoms with Gasteiger partial charge in [0.05, 0.1) is 11.6 Å². The SMILES string of the molecule is OC1CCCC1NCc1cncs1. The fraction of sp³-hybridized carbons (Fsp3) is 0.667. The Balaban J connectivity index is 1.79. The van der Waals surface area contributed by atoms with Gasteiger partial charge in [-0.3, -0.25) is 4.98 Å². The van der Waals surface area contributed by atoms with Crippen LogP contribution in [0.15, 0.2) is 11.7 Å². The topological polar surface area (TPSA) is 45.1 Å². The molecule has 1 aromatic heterocycles. The summed E-state index contributed by atoms with van der Waals surface area (Å²) in [4.78, 5) is 5.24. The van der Waals surface area contributed by atoms with Crippen molar-refractivity contribution in [3.05, 3.63) is 16.6 Å². The van der Waals surface area contributed by atoms with E-state index >= 15 is 0 Å². The molecule has 0 saturated heterocycles. The van der Waals surface area contributed by atoms with Crippen molar-refractivity contribution in [2.45, 2.75) is 38.0 Å². The molecule has 0 aliphatic heterocycles. The highest BCUT2D eigenvalue weighted by molar-refractivity contribution is 7.09. The molecule has 1 saturated carbocycles. The molecule has 0 bridgehead atoms. The lowest BCUT2D eigenvalue weighted by Crippen LogP contribution is -2.34. The quantitative estimate of drug-likeness (QED) is 0.765. The first-order valence-corrected chi connectivity index (χ1v) is 5.53. The highest BCUT2D eigenvalue weighted by Crippen LogP contribution is 2.19. The number of aromatic nitrogens is 1. The zero-order chi connectivity index (χ0) is 9.10. The molecule has 4 heteroatoms. The monoisotopic (exact) mass is 198 g/mol. The van der Waals surface area contributed by atoms with Gasteiger partial charge in [-0.1, -0.05) is 0 Å². The number of aliphatic hydroxyl groups excluding tert-OH is 1. The molecule has 1 aliphatic rings. The van der Waals surface area contributed by atoms with Gasteiger partial charge in [0.2, 0.25) is 0 Å². The minimum atomic E-state index is -0.145. The Kier molecular flexibility index (Phi) is 2.93. The maximum Gasteiger partial charge on any atom is 0.0794 e. The van der Waals surface area contributed by atoms with Crippen LogP contribution >= 0.6 is 11.3 Å². The molecule has 1 aliphatic carbocycles. The van der Waals surface area contributed by atoms with Gasteiger partial charge in [0.25, 0.3) is 0 Å². The van der Waals surface area contributed by atoms with Crippen LogP contribution in [0.5, 0.6) is 0 Å². The molecule has 2 N–H and O–H groups in total. The molecule has 1 aromatic rings. The summed E-state index contributed by atoms with van der Waals surface area (Å²) in [5.74, 6) is 0. The molecule has 0 spiro atoms. The van der Waals surface area contributed by atoms with Crippen LogP contribution in [-0.4, -0.2) is 22.2 Å². The lowest BCUT2D eigenvalue weighted by atomic mass is 10.2. The van der Waals surface area contributed by atoms with Crippen molar-refractivity contribution in [1.29, 1.82) is 0 Å². The van der Waals surface area contributed by atoms with Crippen molar-refractivity contribution < 1.29 is 5.11 Å². The molecule has 0 radical (unpaired) electrons. The molecular formula is C9H14N2OS. The Labute approximate surface area is 81.8 Å². The Bertz CT molecular complexity index is 250. The van der Waals surface area contributed by atoms with Crippen molar-refractivity contribution >= 4 is 11.3 Å². The average Bonchev–Trinajstić information content (AvgIpc) is 2.72. The molecule has 72 valence electrons. The number of nitrogens with one attached hydrogen (secondary N) is 1. The third kappa shape index (κ3) is 2.27. The molecule has 2 rings (SSSR count). The lowest BCUT2D eigenvalue weighted by Gasteiger charge is -2.15. The van der Waals surface area contributed by atoms with E-state index in [2.05, 4.69) is 10.3 Å². The molecule has 2 atom stereocenters. The van der Waals surface area contributed by atoms with Crippen LogP contribution in [0.2, 0.25) is 0 Å². The fourth-order valence-corrected chi connectivity index (χ4v) is 2.29. The van der Waals surface area contributed by atoms with Crippen LogP contribution < -0.4 is 5.32 Å². The minimum absolute atomic E-state index is 0.145.